The lowest BCUT2D eigenvalue weighted by Crippen LogP contribution is -2.47. The van der Waals surface area contributed by atoms with Gasteiger partial charge in [-0.15, -0.1) is 0 Å². The lowest BCUT2D eigenvalue weighted by molar-refractivity contribution is -0.143. The van der Waals surface area contributed by atoms with E-state index in [1.807, 2.05) is 6.92 Å². The number of piperidine rings is 1. The Morgan fingerprint density at radius 2 is 1.96 bits per heavy atom. The quantitative estimate of drug-likeness (QED) is 0.805. The molecule has 25 heavy (non-hydrogen) atoms. The molecule has 1 aromatic rings. The number of nitrogens with one attached hydrogen (secondary N) is 1. The Morgan fingerprint density at radius 3 is 2.56 bits per heavy atom. The van der Waals surface area contributed by atoms with Gasteiger partial charge in [-0.3, -0.25) is 4.79 Å². The minimum absolute atomic E-state index is 0.108. The molecule has 2 unspecified atom stereocenters. The lowest BCUT2D eigenvalue weighted by atomic mass is 9.91. The van der Waals surface area contributed by atoms with Crippen LogP contribution in [-0.4, -0.2) is 55.3 Å². The number of anilines is 1. The van der Waals surface area contributed by atoms with E-state index >= 15 is 0 Å². The van der Waals surface area contributed by atoms with Crippen molar-refractivity contribution in [2.45, 2.75) is 13.3 Å². The molecule has 1 aliphatic heterocycles. The molecule has 2 amide bonds. The molecular weight excluding hydrogens is 328 g/mol. The fourth-order valence-corrected chi connectivity index (χ4v) is 2.95. The van der Waals surface area contributed by atoms with Crippen molar-refractivity contribution < 1.29 is 29.0 Å². The van der Waals surface area contributed by atoms with Gasteiger partial charge in [0.1, 0.15) is 11.3 Å². The maximum absolute atomic E-state index is 12.4. The van der Waals surface area contributed by atoms with Crippen molar-refractivity contribution in [2.24, 2.45) is 11.8 Å². The van der Waals surface area contributed by atoms with Crippen molar-refractivity contribution in [3.05, 3.63) is 23.8 Å². The third-order valence-electron chi connectivity index (χ3n) is 4.15. The second-order valence-electron chi connectivity index (χ2n) is 6.12. The van der Waals surface area contributed by atoms with E-state index in [0.29, 0.717) is 18.7 Å². The Balaban J connectivity index is 2.12. The Kier molecular flexibility index (Phi) is 5.84. The van der Waals surface area contributed by atoms with Gasteiger partial charge in [0.05, 0.1) is 20.1 Å². The highest BCUT2D eigenvalue weighted by atomic mass is 16.5. The van der Waals surface area contributed by atoms with Crippen LogP contribution in [0.1, 0.15) is 23.7 Å². The summed E-state index contributed by atoms with van der Waals surface area (Å²) in [7, 11) is 2.69. The molecule has 0 radical (unpaired) electrons. The predicted molar refractivity (Wildman–Crippen MR) is 89.8 cm³/mol. The number of ether oxygens (including phenoxy) is 2. The van der Waals surface area contributed by atoms with Gasteiger partial charge >= 0.3 is 18.0 Å². The zero-order valence-corrected chi connectivity index (χ0v) is 14.4. The van der Waals surface area contributed by atoms with Crippen molar-refractivity contribution in [3.63, 3.8) is 0 Å². The first-order valence-electron chi connectivity index (χ1n) is 7.90. The van der Waals surface area contributed by atoms with Gasteiger partial charge in [-0.25, -0.2) is 9.59 Å². The number of carbonyl (C=O) groups is 3. The summed E-state index contributed by atoms with van der Waals surface area (Å²) in [5.74, 6) is -1.61. The average Bonchev–Trinajstić information content (AvgIpc) is 2.60. The maximum atomic E-state index is 12.4. The summed E-state index contributed by atoms with van der Waals surface area (Å²) in [6.07, 6.45) is 0.556. The predicted octanol–water partition coefficient (Wildman–Crippen LogP) is 2.06. The monoisotopic (exact) mass is 350 g/mol. The van der Waals surface area contributed by atoms with E-state index in [9.17, 15) is 19.5 Å². The molecule has 2 atom stereocenters. The number of hydrogen-bond acceptors (Lipinski definition) is 5. The number of carbonyl (C=O) groups excluding carboxylic acids is 2. The highest BCUT2D eigenvalue weighted by Crippen LogP contribution is 2.26. The molecule has 0 aliphatic carbocycles. The molecule has 1 aliphatic rings. The largest absolute Gasteiger partial charge is 0.496 e. The third kappa shape index (κ3) is 4.40. The van der Waals surface area contributed by atoms with Gasteiger partial charge in [0, 0.05) is 24.8 Å². The van der Waals surface area contributed by atoms with Gasteiger partial charge < -0.3 is 24.8 Å². The van der Waals surface area contributed by atoms with E-state index in [2.05, 4.69) is 10.1 Å². The highest BCUT2D eigenvalue weighted by Gasteiger charge is 2.32. The second kappa shape index (κ2) is 7.87. The Morgan fingerprint density at radius 1 is 1.24 bits per heavy atom. The molecule has 1 heterocycles. The fraction of sp³-hybridized carbons (Fsp3) is 0.471. The first-order valence-corrected chi connectivity index (χ1v) is 7.90. The molecule has 0 bridgehead atoms. The summed E-state index contributed by atoms with van der Waals surface area (Å²) in [6, 6.07) is 4.20. The maximum Gasteiger partial charge on any atom is 0.341 e. The number of amides is 2. The number of hydrogen-bond donors (Lipinski definition) is 2. The normalized spacial score (nSPS) is 19.9. The molecule has 8 nitrogen and oxygen atoms in total. The standard InChI is InChI=1S/C17H22N2O6/c1-10-6-11(15(20)21)9-19(8-10)17(23)18-12-4-5-13(16(22)25-3)14(7-12)24-2/h4-5,7,10-11H,6,8-9H2,1-3H3,(H,18,23)(H,20,21). The van der Waals surface area contributed by atoms with Crippen LogP contribution in [0, 0.1) is 11.8 Å². The minimum atomic E-state index is -0.895. The lowest BCUT2D eigenvalue weighted by Gasteiger charge is -2.34. The van der Waals surface area contributed by atoms with E-state index in [4.69, 9.17) is 4.74 Å². The van der Waals surface area contributed by atoms with Crippen LogP contribution >= 0.6 is 0 Å². The molecule has 2 rings (SSSR count). The number of aliphatic carboxylic acids is 1. The van der Waals surface area contributed by atoms with Crippen LogP contribution < -0.4 is 10.1 Å². The molecule has 0 aromatic heterocycles. The number of carboxylic acids is 1. The molecule has 136 valence electrons. The number of carboxylic acid groups (broad SMARTS) is 1. The Hall–Kier alpha value is -2.77. The summed E-state index contributed by atoms with van der Waals surface area (Å²) in [4.78, 5) is 36.8. The Bertz CT molecular complexity index is 675. The van der Waals surface area contributed by atoms with Crippen LogP contribution in [-0.2, 0) is 9.53 Å². The van der Waals surface area contributed by atoms with Crippen LogP contribution in [0.15, 0.2) is 18.2 Å². The number of urea groups is 1. The van der Waals surface area contributed by atoms with Gasteiger partial charge in [-0.1, -0.05) is 6.92 Å². The molecule has 8 heteroatoms. The summed E-state index contributed by atoms with van der Waals surface area (Å²) in [6.45, 7) is 2.58. The molecular formula is C17H22N2O6. The van der Waals surface area contributed by atoms with E-state index < -0.39 is 17.9 Å². The van der Waals surface area contributed by atoms with Crippen molar-refractivity contribution in [2.75, 3.05) is 32.6 Å². The summed E-state index contributed by atoms with van der Waals surface area (Å²) in [5.41, 5.74) is 0.695. The van der Waals surface area contributed by atoms with Crippen molar-refractivity contribution in [1.82, 2.24) is 4.90 Å². The van der Waals surface area contributed by atoms with E-state index in [0.717, 1.165) is 0 Å². The minimum Gasteiger partial charge on any atom is -0.496 e. The van der Waals surface area contributed by atoms with E-state index in [1.165, 1.54) is 31.3 Å². The van der Waals surface area contributed by atoms with Gasteiger partial charge in [0.2, 0.25) is 0 Å². The van der Waals surface area contributed by atoms with Gasteiger partial charge in [0.25, 0.3) is 0 Å². The fourth-order valence-electron chi connectivity index (χ4n) is 2.95. The van der Waals surface area contributed by atoms with Crippen LogP contribution in [0.3, 0.4) is 0 Å². The van der Waals surface area contributed by atoms with E-state index in [1.54, 1.807) is 6.07 Å². The van der Waals surface area contributed by atoms with Gasteiger partial charge in [-0.05, 0) is 24.5 Å². The van der Waals surface area contributed by atoms with E-state index in [-0.39, 0.29) is 29.8 Å². The molecule has 1 saturated heterocycles. The van der Waals surface area contributed by atoms with Crippen LogP contribution in [0.2, 0.25) is 0 Å². The zero-order chi connectivity index (χ0) is 18.6. The van der Waals surface area contributed by atoms with Crippen molar-refractivity contribution in [1.29, 1.82) is 0 Å². The third-order valence-corrected chi connectivity index (χ3v) is 4.15. The topological polar surface area (TPSA) is 105 Å². The molecule has 1 aromatic carbocycles. The molecule has 0 spiro atoms. The number of nitrogens with zero attached hydrogens (tertiary/aromatic N) is 1. The second-order valence-corrected chi connectivity index (χ2v) is 6.12. The molecule has 1 fully saturated rings. The number of benzene rings is 1. The number of rotatable bonds is 4. The first-order chi connectivity index (χ1) is 11.8. The molecule has 2 N–H and O–H groups in total. The Labute approximate surface area is 145 Å². The first kappa shape index (κ1) is 18.6. The van der Waals surface area contributed by atoms with Gasteiger partial charge in [-0.2, -0.15) is 0 Å². The van der Waals surface area contributed by atoms with Crippen LogP contribution in [0.4, 0.5) is 10.5 Å². The summed E-state index contributed by atoms with van der Waals surface area (Å²) in [5, 5.41) is 11.9. The van der Waals surface area contributed by atoms with Crippen LogP contribution in [0.5, 0.6) is 5.75 Å². The summed E-state index contributed by atoms with van der Waals surface area (Å²) >= 11 is 0. The van der Waals surface area contributed by atoms with Crippen molar-refractivity contribution in [3.8, 4) is 5.75 Å². The number of likely N-dealkylation sites (tertiary alicyclic amines) is 1. The smallest absolute Gasteiger partial charge is 0.341 e. The SMILES string of the molecule is COC(=O)c1ccc(NC(=O)N2CC(C)CC(C(=O)O)C2)cc1OC. The number of methoxy groups -OCH3 is 2. The zero-order valence-electron chi connectivity index (χ0n) is 14.4. The van der Waals surface area contributed by atoms with Gasteiger partial charge in [0.15, 0.2) is 0 Å². The highest BCUT2D eigenvalue weighted by molar-refractivity contribution is 5.95. The molecule has 0 saturated carbocycles. The number of esters is 1. The average molecular weight is 350 g/mol. The summed E-state index contributed by atoms with van der Waals surface area (Å²) < 4.78 is 9.83. The van der Waals surface area contributed by atoms with Crippen LogP contribution in [0.25, 0.3) is 0 Å². The van der Waals surface area contributed by atoms with Crippen molar-refractivity contribution >= 4 is 23.7 Å².